The van der Waals surface area contributed by atoms with Crippen molar-refractivity contribution in [2.45, 2.75) is 38.7 Å². The Hall–Kier alpha value is -3.87. The zero-order valence-corrected chi connectivity index (χ0v) is 19.2. The molecule has 3 aromatic rings. The van der Waals surface area contributed by atoms with Crippen LogP contribution in [0.15, 0.2) is 66.7 Å². The molecule has 0 radical (unpaired) electrons. The van der Waals surface area contributed by atoms with Crippen LogP contribution < -0.4 is 15.0 Å². The number of benzene rings is 3. The van der Waals surface area contributed by atoms with Crippen LogP contribution in [-0.2, 0) is 16.1 Å². The van der Waals surface area contributed by atoms with Gasteiger partial charge in [-0.05, 0) is 48.4 Å². The van der Waals surface area contributed by atoms with Crippen LogP contribution in [0.1, 0.15) is 43.2 Å². The number of halogens is 1. The molecule has 0 fully saturated rings. The Morgan fingerprint density at radius 2 is 1.79 bits per heavy atom. The second kappa shape index (κ2) is 10.4. The molecule has 7 heteroatoms. The van der Waals surface area contributed by atoms with Gasteiger partial charge in [0, 0.05) is 11.3 Å². The molecule has 1 aliphatic rings. The molecule has 0 aliphatic carbocycles. The van der Waals surface area contributed by atoms with Gasteiger partial charge in [0.2, 0.25) is 5.91 Å². The highest BCUT2D eigenvalue weighted by molar-refractivity contribution is 6.13. The van der Waals surface area contributed by atoms with Crippen LogP contribution in [0.2, 0.25) is 0 Å². The number of rotatable bonds is 8. The van der Waals surface area contributed by atoms with E-state index < -0.39 is 12.0 Å². The predicted molar refractivity (Wildman–Crippen MR) is 129 cm³/mol. The molecule has 2 amide bonds. The van der Waals surface area contributed by atoms with Crippen molar-refractivity contribution in [3.8, 4) is 5.75 Å². The highest BCUT2D eigenvalue weighted by atomic mass is 19.1. The first-order valence-electron chi connectivity index (χ1n) is 11.3. The smallest absolute Gasteiger partial charge is 0.412 e. The fourth-order valence-electron chi connectivity index (χ4n) is 4.23. The van der Waals surface area contributed by atoms with Gasteiger partial charge in [0.25, 0.3) is 0 Å². The fourth-order valence-corrected chi connectivity index (χ4v) is 4.23. The topological polar surface area (TPSA) is 67.9 Å². The van der Waals surface area contributed by atoms with E-state index in [-0.39, 0.29) is 18.3 Å². The minimum atomic E-state index is -0.641. The first-order chi connectivity index (χ1) is 16.5. The molecule has 0 aromatic heterocycles. The van der Waals surface area contributed by atoms with Gasteiger partial charge in [0.05, 0.1) is 24.4 Å². The van der Waals surface area contributed by atoms with Crippen LogP contribution in [0.5, 0.6) is 5.75 Å². The summed E-state index contributed by atoms with van der Waals surface area (Å²) in [6.45, 7) is 2.17. The van der Waals surface area contributed by atoms with Gasteiger partial charge in [-0.25, -0.2) is 9.18 Å². The van der Waals surface area contributed by atoms with Crippen LogP contribution in [0.3, 0.4) is 0 Å². The molecule has 4 rings (SSSR count). The summed E-state index contributed by atoms with van der Waals surface area (Å²) in [6, 6.07) is 18.7. The quantitative estimate of drug-likeness (QED) is 0.413. The lowest BCUT2D eigenvalue weighted by Crippen LogP contribution is -2.24. The largest absolute Gasteiger partial charge is 0.495 e. The van der Waals surface area contributed by atoms with E-state index >= 15 is 0 Å². The van der Waals surface area contributed by atoms with E-state index in [1.807, 2.05) is 30.3 Å². The first kappa shape index (κ1) is 23.3. The maximum Gasteiger partial charge on any atom is 0.412 e. The van der Waals surface area contributed by atoms with E-state index in [1.54, 1.807) is 29.2 Å². The number of hydrogen-bond acceptors (Lipinski definition) is 4. The van der Waals surface area contributed by atoms with Gasteiger partial charge in [0.1, 0.15) is 18.2 Å². The van der Waals surface area contributed by atoms with Crippen molar-refractivity contribution in [1.29, 1.82) is 0 Å². The van der Waals surface area contributed by atoms with Gasteiger partial charge >= 0.3 is 6.09 Å². The van der Waals surface area contributed by atoms with E-state index in [1.165, 1.54) is 19.2 Å². The summed E-state index contributed by atoms with van der Waals surface area (Å²) in [5, 5.41) is 2.82. The lowest BCUT2D eigenvalue weighted by molar-refractivity contribution is -0.118. The van der Waals surface area contributed by atoms with Crippen molar-refractivity contribution < 1.29 is 23.5 Å². The average Bonchev–Trinajstić information content (AvgIpc) is 3.14. The third kappa shape index (κ3) is 4.73. The molecule has 1 atom stereocenters. The average molecular weight is 463 g/mol. The maximum absolute atomic E-state index is 13.5. The molecule has 1 unspecified atom stereocenters. The summed E-state index contributed by atoms with van der Waals surface area (Å²) >= 11 is 0. The van der Waals surface area contributed by atoms with Gasteiger partial charge in [-0.15, -0.1) is 0 Å². The number of ether oxygens (including phenoxy) is 2. The van der Waals surface area contributed by atoms with Gasteiger partial charge < -0.3 is 9.47 Å². The molecule has 34 heavy (non-hydrogen) atoms. The van der Waals surface area contributed by atoms with E-state index in [4.69, 9.17) is 9.47 Å². The number of unbranched alkanes of at least 4 members (excludes halogenated alkanes) is 1. The minimum absolute atomic E-state index is 0.115. The number of methoxy groups -OCH3 is 1. The maximum atomic E-state index is 13.5. The molecule has 1 aliphatic heterocycles. The second-order valence-corrected chi connectivity index (χ2v) is 8.11. The SMILES string of the molecule is CCCCC1C(=O)N(c2ccc(F)cc2)c2ccc(OC)c(NC(=O)OCc3ccccc3)c21. The molecule has 3 aromatic carbocycles. The summed E-state index contributed by atoms with van der Waals surface area (Å²) in [4.78, 5) is 27.8. The summed E-state index contributed by atoms with van der Waals surface area (Å²) in [7, 11) is 1.51. The molecule has 6 nitrogen and oxygen atoms in total. The number of nitrogens with zero attached hydrogens (tertiary/aromatic N) is 1. The Labute approximate surface area is 198 Å². The van der Waals surface area contributed by atoms with Crippen LogP contribution in [-0.4, -0.2) is 19.1 Å². The minimum Gasteiger partial charge on any atom is -0.495 e. The lowest BCUT2D eigenvalue weighted by atomic mass is 9.93. The standard InChI is InChI=1S/C27H27FN2O4/c1-3-4-10-21-24-22(30(26(21)31)20-13-11-19(28)12-14-20)15-16-23(33-2)25(24)29-27(32)34-17-18-8-6-5-7-9-18/h5-9,11-16,21H,3-4,10,17H2,1-2H3,(H,29,32). The molecule has 0 spiro atoms. The Morgan fingerprint density at radius 1 is 1.06 bits per heavy atom. The Bertz CT molecular complexity index is 1170. The Balaban J connectivity index is 1.70. The molecule has 1 heterocycles. The molecular weight excluding hydrogens is 435 g/mol. The summed E-state index contributed by atoms with van der Waals surface area (Å²) in [5.41, 5.74) is 3.16. The third-order valence-electron chi connectivity index (χ3n) is 5.88. The Kier molecular flexibility index (Phi) is 7.11. The van der Waals surface area contributed by atoms with Crippen LogP contribution >= 0.6 is 0 Å². The van der Waals surface area contributed by atoms with Crippen LogP contribution in [0, 0.1) is 5.82 Å². The molecule has 0 saturated carbocycles. The van der Waals surface area contributed by atoms with Gasteiger partial charge in [-0.3, -0.25) is 15.0 Å². The fraction of sp³-hybridized carbons (Fsp3) is 0.259. The number of amides is 2. The predicted octanol–water partition coefficient (Wildman–Crippen LogP) is 6.54. The summed E-state index contributed by atoms with van der Waals surface area (Å²) < 4.78 is 24.5. The number of nitrogens with one attached hydrogen (secondary N) is 1. The zero-order valence-electron chi connectivity index (χ0n) is 19.2. The number of hydrogen-bond donors (Lipinski definition) is 1. The molecular formula is C27H27FN2O4. The number of carbonyl (C=O) groups excluding carboxylic acids is 2. The van der Waals surface area contributed by atoms with Crippen LogP contribution in [0.25, 0.3) is 0 Å². The van der Waals surface area contributed by atoms with Crippen LogP contribution in [0.4, 0.5) is 26.2 Å². The highest BCUT2D eigenvalue weighted by Crippen LogP contribution is 2.50. The van der Waals surface area contributed by atoms with Crippen molar-refractivity contribution >= 4 is 29.1 Å². The molecule has 0 saturated heterocycles. The second-order valence-electron chi connectivity index (χ2n) is 8.11. The molecule has 1 N–H and O–H groups in total. The number of carbonyl (C=O) groups is 2. The summed E-state index contributed by atoms with van der Waals surface area (Å²) in [6.07, 6.45) is 1.72. The van der Waals surface area contributed by atoms with Crippen molar-refractivity contribution in [3.05, 3.63) is 83.7 Å². The normalized spacial score (nSPS) is 14.6. The van der Waals surface area contributed by atoms with Gasteiger partial charge in [-0.1, -0.05) is 50.1 Å². The lowest BCUT2D eigenvalue weighted by Gasteiger charge is -2.19. The van der Waals surface area contributed by atoms with Crippen molar-refractivity contribution in [2.75, 3.05) is 17.3 Å². The molecule has 0 bridgehead atoms. The zero-order chi connectivity index (χ0) is 24.1. The van der Waals surface area contributed by atoms with E-state index in [9.17, 15) is 14.0 Å². The van der Waals surface area contributed by atoms with E-state index in [0.717, 1.165) is 18.4 Å². The van der Waals surface area contributed by atoms with Crippen molar-refractivity contribution in [1.82, 2.24) is 0 Å². The monoisotopic (exact) mass is 462 g/mol. The van der Waals surface area contributed by atoms with E-state index in [2.05, 4.69) is 12.2 Å². The highest BCUT2D eigenvalue weighted by Gasteiger charge is 2.41. The Morgan fingerprint density at radius 3 is 2.47 bits per heavy atom. The van der Waals surface area contributed by atoms with E-state index in [0.29, 0.717) is 34.8 Å². The number of anilines is 3. The third-order valence-corrected chi connectivity index (χ3v) is 5.88. The first-order valence-corrected chi connectivity index (χ1v) is 11.3. The van der Waals surface area contributed by atoms with Gasteiger partial charge in [-0.2, -0.15) is 0 Å². The van der Waals surface area contributed by atoms with Crippen molar-refractivity contribution in [2.24, 2.45) is 0 Å². The number of fused-ring (bicyclic) bond motifs is 1. The van der Waals surface area contributed by atoms with Gasteiger partial charge in [0.15, 0.2) is 0 Å². The molecule has 176 valence electrons. The summed E-state index contributed by atoms with van der Waals surface area (Å²) in [5.74, 6) is -0.536. The van der Waals surface area contributed by atoms with Crippen molar-refractivity contribution in [3.63, 3.8) is 0 Å².